The van der Waals surface area contributed by atoms with Crippen LogP contribution >= 0.6 is 11.8 Å². The summed E-state index contributed by atoms with van der Waals surface area (Å²) < 4.78 is 0. The number of nitrogens with zero attached hydrogens (tertiary/aromatic N) is 1. The van der Waals surface area contributed by atoms with E-state index in [4.69, 9.17) is 50.6 Å². The lowest BCUT2D eigenvalue weighted by Gasteiger charge is -2.29. The molecule has 35 N–H and O–H groups in total. The van der Waals surface area contributed by atoms with Gasteiger partial charge in [-0.15, -0.1) is 0 Å². The van der Waals surface area contributed by atoms with Crippen LogP contribution in [0.3, 0.4) is 0 Å². The van der Waals surface area contributed by atoms with E-state index >= 15 is 24.0 Å². The average molecular weight is 1830 g/mol. The van der Waals surface area contributed by atoms with Crippen molar-refractivity contribution in [1.29, 1.82) is 16.2 Å². The molecule has 2 heterocycles. The van der Waals surface area contributed by atoms with Crippen LogP contribution < -0.4 is 114 Å². The summed E-state index contributed by atoms with van der Waals surface area (Å²) in [6.45, 7) is 2.72. The Morgan fingerprint density at radius 3 is 1.29 bits per heavy atom. The van der Waals surface area contributed by atoms with E-state index in [-0.39, 0.29) is 152 Å². The number of hydrogen-bond donors (Lipinski definition) is 29. The second kappa shape index (κ2) is 54.8. The van der Waals surface area contributed by atoms with Crippen LogP contribution in [0.1, 0.15) is 119 Å². The number of fused-ring (bicyclic) bond motifs is 1. The number of phenols is 2. The minimum atomic E-state index is -1.64. The first-order valence-electron chi connectivity index (χ1n) is 42.4. The van der Waals surface area contributed by atoms with Gasteiger partial charge in [-0.1, -0.05) is 86.6 Å². The molecular formula is C85H123N27O17S. The Morgan fingerprint density at radius 2 is 0.838 bits per heavy atom. The van der Waals surface area contributed by atoms with Crippen LogP contribution in [0.15, 0.2) is 122 Å². The van der Waals surface area contributed by atoms with Gasteiger partial charge in [0.25, 0.3) is 0 Å². The van der Waals surface area contributed by atoms with Crippen molar-refractivity contribution in [1.82, 2.24) is 94.7 Å². The molecule has 0 aliphatic rings. The summed E-state index contributed by atoms with van der Waals surface area (Å²) in [7, 11) is 0. The molecule has 0 fully saturated rings. The van der Waals surface area contributed by atoms with Crippen molar-refractivity contribution in [3.63, 3.8) is 0 Å². The van der Waals surface area contributed by atoms with Crippen molar-refractivity contribution in [2.45, 2.75) is 196 Å². The maximum Gasteiger partial charge on any atom is 0.303 e. The number of thioether (sulfide) groups is 1. The maximum atomic E-state index is 15.4. The Balaban J connectivity index is 1.29. The molecule has 0 unspecified atom stereocenters. The quantitative estimate of drug-likeness (QED) is 0.00991. The molecule has 0 saturated heterocycles. The van der Waals surface area contributed by atoms with Crippen LogP contribution in [0.25, 0.3) is 10.9 Å². The number of carbonyl (C=O) groups excluding carboxylic acids is 13. The molecule has 0 aliphatic carbocycles. The van der Waals surface area contributed by atoms with Gasteiger partial charge in [0.2, 0.25) is 76.8 Å². The number of primary amides is 1. The third-order valence-corrected chi connectivity index (χ3v) is 21.3. The highest BCUT2D eigenvalue weighted by Gasteiger charge is 2.38. The number of H-pyrrole nitrogens is 2. The van der Waals surface area contributed by atoms with Gasteiger partial charge in [-0.2, -0.15) is 11.8 Å². The third-order valence-electron chi connectivity index (χ3n) is 20.7. The largest absolute Gasteiger partial charge is 0.508 e. The van der Waals surface area contributed by atoms with Gasteiger partial charge in [-0.3, -0.25) is 83.4 Å². The van der Waals surface area contributed by atoms with Gasteiger partial charge in [0.1, 0.15) is 78.0 Å². The van der Waals surface area contributed by atoms with Crippen molar-refractivity contribution >= 4 is 123 Å². The molecule has 0 spiro atoms. The van der Waals surface area contributed by atoms with E-state index in [9.17, 15) is 58.5 Å². The average Bonchev–Trinajstić information content (AvgIpc) is 1.64. The number of hydrogen-bond acceptors (Lipinski definition) is 23. The minimum absolute atomic E-state index is 0.000338. The first-order chi connectivity index (χ1) is 62.0. The molecule has 6 aromatic rings. The van der Waals surface area contributed by atoms with Crippen LogP contribution in [0.2, 0.25) is 0 Å². The number of para-hydroxylation sites is 1. The first kappa shape index (κ1) is 105. The molecule has 0 saturated carbocycles. The second-order valence-corrected chi connectivity index (χ2v) is 32.3. The molecule has 0 bridgehead atoms. The predicted octanol–water partition coefficient (Wildman–Crippen LogP) is -3.73. The van der Waals surface area contributed by atoms with Gasteiger partial charge in [0.15, 0.2) is 17.9 Å². The summed E-state index contributed by atoms with van der Waals surface area (Å²) in [5, 5.41) is 93.2. The number of phenolic OH excluding ortho intramolecular Hbond substituents is 2. The maximum absolute atomic E-state index is 15.4. The predicted molar refractivity (Wildman–Crippen MR) is 485 cm³/mol. The van der Waals surface area contributed by atoms with E-state index < -0.39 is 180 Å². The Hall–Kier alpha value is -14.1. The molecule has 45 heteroatoms. The number of carboxylic acids is 1. The number of carbonyl (C=O) groups is 14. The molecule has 130 heavy (non-hydrogen) atoms. The first-order valence-corrected chi connectivity index (χ1v) is 43.8. The van der Waals surface area contributed by atoms with E-state index in [1.54, 1.807) is 80.9 Å². The number of nitrogens with two attached hydrogens (primary N) is 6. The van der Waals surface area contributed by atoms with Gasteiger partial charge in [0.05, 0.1) is 24.6 Å². The van der Waals surface area contributed by atoms with E-state index in [0.29, 0.717) is 45.3 Å². The number of nitrogens with one attached hydrogen (secondary N) is 20. The zero-order chi connectivity index (χ0) is 95.4. The monoisotopic (exact) mass is 1830 g/mol. The van der Waals surface area contributed by atoms with Crippen molar-refractivity contribution in [3.8, 4) is 11.5 Å². The minimum Gasteiger partial charge on any atom is -0.508 e. The van der Waals surface area contributed by atoms with Crippen LogP contribution in [-0.4, -0.2) is 248 Å². The number of guanidine groups is 3. The number of imidazole rings is 1. The van der Waals surface area contributed by atoms with Crippen LogP contribution in [0.5, 0.6) is 11.5 Å². The Kier molecular flexibility index (Phi) is 44.1. The van der Waals surface area contributed by atoms with Crippen molar-refractivity contribution in [3.05, 3.63) is 150 Å². The molecule has 4 aromatic carbocycles. The normalized spacial score (nSPS) is 13.8. The molecule has 0 aliphatic heterocycles. The third kappa shape index (κ3) is 37.4. The number of aliphatic carboxylic acids is 1. The summed E-state index contributed by atoms with van der Waals surface area (Å²) >= 11 is 1.40. The molecule has 2 aromatic heterocycles. The van der Waals surface area contributed by atoms with Gasteiger partial charge >= 0.3 is 5.97 Å². The van der Waals surface area contributed by atoms with Gasteiger partial charge in [-0.05, 0) is 148 Å². The zero-order valence-corrected chi connectivity index (χ0v) is 73.5. The summed E-state index contributed by atoms with van der Waals surface area (Å²) in [5.74, 6) is -14.8. The highest BCUT2D eigenvalue weighted by Crippen LogP contribution is 2.22. The number of aromatic amines is 2. The molecule has 6 rings (SSSR count). The Morgan fingerprint density at radius 1 is 0.431 bits per heavy atom. The SMILES string of the molecule is CSCC[C@@H](NC(=O)[C@H](CCCNC(=N)N)NC(=O)[C@H](Cc1ccc(O)cc1)NC(=O)CNC(=O)[C@H](CCCNC(=N)N)NC(=O)[C@H](Cc1c[nH]c2ccccc12)NC(=O)[C@@H](Cc1c[nH]cn1)NC(=O)[C@H](Cc1ccccc1)NC(=O)[C@H](NC(=O)[C@H](Cc1ccc(O)cc1)NC(=O)[C@@H](CCCCN)NC(=O)[C@H](CCCNC(=N)N)NC(=O)[C@@H](N)CCC(=O)O)C(C)C)C(N)=O. The fraction of sp³-hybridized carbons (Fsp3) is 0.459. The second-order valence-electron chi connectivity index (χ2n) is 31.3. The molecular weight excluding hydrogens is 1700 g/mol. The molecule has 12 atom stereocenters. The number of benzene rings is 4. The lowest BCUT2D eigenvalue weighted by atomic mass is 9.98. The summed E-state index contributed by atoms with van der Waals surface area (Å²) in [4.78, 5) is 210. The highest BCUT2D eigenvalue weighted by atomic mass is 32.2. The number of aromatic nitrogens is 3. The van der Waals surface area contributed by atoms with E-state index in [1.807, 2.05) is 0 Å². The van der Waals surface area contributed by atoms with Gasteiger partial charge in [0, 0.05) is 81.5 Å². The van der Waals surface area contributed by atoms with E-state index in [2.05, 4.69) is 94.7 Å². The van der Waals surface area contributed by atoms with E-state index in [0.717, 1.165) is 0 Å². The van der Waals surface area contributed by atoms with E-state index in [1.165, 1.54) is 72.8 Å². The van der Waals surface area contributed by atoms with Gasteiger partial charge in [-0.25, -0.2) is 4.98 Å². The summed E-state index contributed by atoms with van der Waals surface area (Å²) in [6.07, 6.45) is 4.78. The van der Waals surface area contributed by atoms with Crippen LogP contribution in [0.4, 0.5) is 0 Å². The van der Waals surface area contributed by atoms with Crippen molar-refractivity contribution in [2.24, 2.45) is 40.3 Å². The fourth-order valence-corrected chi connectivity index (χ4v) is 14.1. The zero-order valence-electron chi connectivity index (χ0n) is 72.7. The van der Waals surface area contributed by atoms with Crippen LogP contribution in [-0.2, 0) is 99.2 Å². The van der Waals surface area contributed by atoms with Crippen LogP contribution in [0, 0.1) is 22.1 Å². The summed E-state index contributed by atoms with van der Waals surface area (Å²) in [6, 6.07) is 9.25. The summed E-state index contributed by atoms with van der Waals surface area (Å²) in [5.41, 5.74) is 36.8. The number of amides is 13. The lowest BCUT2D eigenvalue weighted by molar-refractivity contribution is -0.137. The number of unbranched alkanes of at least 4 members (excludes halogenated alkanes) is 1. The number of rotatable bonds is 58. The number of carboxylic acid groups (broad SMARTS) is 1. The molecule has 13 amide bonds. The topological polar surface area (TPSA) is 752 Å². The van der Waals surface area contributed by atoms with Crippen molar-refractivity contribution < 1.29 is 82.4 Å². The molecule has 44 nitrogen and oxygen atoms in total. The number of aromatic hydroxyl groups is 2. The van der Waals surface area contributed by atoms with Gasteiger partial charge < -0.3 is 139 Å². The van der Waals surface area contributed by atoms with Crippen molar-refractivity contribution in [2.75, 3.05) is 44.7 Å². The highest BCUT2D eigenvalue weighted by molar-refractivity contribution is 7.98. The fourth-order valence-electron chi connectivity index (χ4n) is 13.6. The standard InChI is InChI=1S/C85H123N27O17S/c1-47(2)70(112-81(128)65(40-50-24-28-54(114)29-25-50)108-76(123)60(18-9-10-33-86)106-75(122)61(20-12-35-97-84(91)92)104-72(119)56(87)30-31-69(116)117)82(129)111-64(38-48-14-5-4-6-15-48)78(125)110-67(42-52-44-95-46-101-52)80(127)109-66(41-51-43-99-57-17-8-7-16-55(51)57)79(126)105-59(19-11-34-96-83(89)90)73(120)100-45-68(115)102-63(39-49-22-26-53(113)27-23-49)77(124)107-62(21-13-36-98-85(93)94)74(121)103-58(71(88)118)32-37-130-3/h4-8,14-17,22-29,43-44,46-47,56,58-67,70,99,113-114H,9-13,18-21,30-42,45,86-87H2,1-3H3,(H2,88,118)(H,95,101)(H,100,120)(H,102,115)(H,103,121)(H,104,119)(H,105,126)(H,106,122)(H,107,124)(H,108,123)(H,109,127)(H,110,125)(H,111,129)(H,112,128)(H,116,117)(H4,89,90,96)(H4,91,92,97)(H4,93,94,98)/t56-,58+,59-,60+,61-,62-,63-,64-,65-,66-,67+,70+/m0/s1. The lowest BCUT2D eigenvalue weighted by Crippen LogP contribution is -2.62. The Labute approximate surface area is 755 Å². The Bertz CT molecular complexity index is 4780. The molecule has 706 valence electrons. The molecule has 0 radical (unpaired) electrons. The smallest absolute Gasteiger partial charge is 0.303 e.